The topological polar surface area (TPSA) is 41.1 Å². The number of benzene rings is 1. The molecule has 0 radical (unpaired) electrons. The highest BCUT2D eigenvalue weighted by Gasteiger charge is 2.51. The average Bonchev–Trinajstić information content (AvgIpc) is 3.22. The minimum absolute atomic E-state index is 0. The molecular weight excluding hydrogens is 340 g/mol. The zero-order chi connectivity index (χ0) is 13.3. The Balaban J connectivity index is 0.00000147. The van der Waals surface area contributed by atoms with E-state index in [1.54, 1.807) is 0 Å². The van der Waals surface area contributed by atoms with Crippen LogP contribution in [0.25, 0.3) is 0 Å². The number of halogens is 2. The highest BCUT2D eigenvalue weighted by molar-refractivity contribution is 9.10. The number of hydrogen-bond donors (Lipinski definition) is 2. The fraction of sp³-hybridized carbons (Fsp3) is 0.533. The van der Waals surface area contributed by atoms with Gasteiger partial charge in [-0.2, -0.15) is 0 Å². The minimum Gasteiger partial charge on any atom is -0.351 e. The van der Waals surface area contributed by atoms with Crippen molar-refractivity contribution >= 4 is 34.2 Å². The number of nitrogens with one attached hydrogen (secondary N) is 2. The van der Waals surface area contributed by atoms with Gasteiger partial charge in [0, 0.05) is 17.1 Å². The van der Waals surface area contributed by atoms with E-state index in [0.717, 1.165) is 48.8 Å². The van der Waals surface area contributed by atoms with E-state index in [0.29, 0.717) is 6.04 Å². The van der Waals surface area contributed by atoms with Gasteiger partial charge in [-0.25, -0.2) is 0 Å². The second-order valence-electron chi connectivity index (χ2n) is 5.61. The lowest BCUT2D eigenvalue weighted by Crippen LogP contribution is -2.48. The van der Waals surface area contributed by atoms with Crippen molar-refractivity contribution in [1.82, 2.24) is 10.6 Å². The molecule has 0 aromatic heterocycles. The van der Waals surface area contributed by atoms with Gasteiger partial charge in [-0.3, -0.25) is 4.79 Å². The summed E-state index contributed by atoms with van der Waals surface area (Å²) in [5.74, 6) is 0.212. The summed E-state index contributed by atoms with van der Waals surface area (Å²) in [6.07, 6.45) is 4.19. The van der Waals surface area contributed by atoms with Crippen LogP contribution in [0.2, 0.25) is 0 Å². The molecule has 3 rings (SSSR count). The van der Waals surface area contributed by atoms with Crippen LogP contribution in [0.5, 0.6) is 0 Å². The zero-order valence-electron chi connectivity index (χ0n) is 11.3. The van der Waals surface area contributed by atoms with Gasteiger partial charge in [-0.15, -0.1) is 12.4 Å². The monoisotopic (exact) mass is 358 g/mol. The van der Waals surface area contributed by atoms with Crippen LogP contribution in [0.3, 0.4) is 0 Å². The van der Waals surface area contributed by atoms with Crippen molar-refractivity contribution in [2.45, 2.75) is 37.1 Å². The van der Waals surface area contributed by atoms with E-state index in [-0.39, 0.29) is 23.7 Å². The first-order chi connectivity index (χ1) is 9.21. The van der Waals surface area contributed by atoms with Gasteiger partial charge in [0.2, 0.25) is 5.91 Å². The van der Waals surface area contributed by atoms with Crippen LogP contribution in [-0.2, 0) is 10.2 Å². The molecule has 1 unspecified atom stereocenters. The predicted octanol–water partition coefficient (Wildman–Crippen LogP) is 2.77. The van der Waals surface area contributed by atoms with Crippen molar-refractivity contribution in [2.24, 2.45) is 0 Å². The molecule has 2 fully saturated rings. The van der Waals surface area contributed by atoms with Crippen LogP contribution in [0.1, 0.15) is 31.2 Å². The van der Waals surface area contributed by atoms with Crippen LogP contribution in [0, 0.1) is 0 Å². The predicted molar refractivity (Wildman–Crippen MR) is 86.3 cm³/mol. The summed E-state index contributed by atoms with van der Waals surface area (Å²) < 4.78 is 1.06. The van der Waals surface area contributed by atoms with Gasteiger partial charge in [-0.1, -0.05) is 28.1 Å². The van der Waals surface area contributed by atoms with E-state index in [4.69, 9.17) is 0 Å². The molecule has 1 aliphatic heterocycles. The highest BCUT2D eigenvalue weighted by atomic mass is 79.9. The summed E-state index contributed by atoms with van der Waals surface area (Å²) in [4.78, 5) is 12.5. The molecule has 2 N–H and O–H groups in total. The van der Waals surface area contributed by atoms with Crippen LogP contribution >= 0.6 is 28.3 Å². The van der Waals surface area contributed by atoms with Crippen LogP contribution in [0.4, 0.5) is 0 Å². The smallest absolute Gasteiger partial charge is 0.230 e. The maximum Gasteiger partial charge on any atom is 0.230 e. The Morgan fingerprint density at radius 1 is 1.30 bits per heavy atom. The van der Waals surface area contributed by atoms with E-state index in [2.05, 4.69) is 38.7 Å². The third-order valence-electron chi connectivity index (χ3n) is 4.21. The van der Waals surface area contributed by atoms with Gasteiger partial charge in [0.15, 0.2) is 0 Å². The molecular formula is C15H20BrClN2O. The van der Waals surface area contributed by atoms with Gasteiger partial charge in [0.05, 0.1) is 5.41 Å². The first-order valence-electron chi connectivity index (χ1n) is 6.98. The first kappa shape index (κ1) is 15.8. The summed E-state index contributed by atoms with van der Waals surface area (Å²) >= 11 is 3.44. The molecule has 0 spiro atoms. The molecule has 110 valence electrons. The van der Waals surface area contributed by atoms with E-state index in [1.165, 1.54) is 0 Å². The summed E-state index contributed by atoms with van der Waals surface area (Å²) in [5, 5.41) is 6.56. The quantitative estimate of drug-likeness (QED) is 0.871. The maximum absolute atomic E-state index is 12.5. The van der Waals surface area contributed by atoms with Gasteiger partial charge in [-0.05, 0) is 49.9 Å². The Morgan fingerprint density at radius 3 is 2.55 bits per heavy atom. The van der Waals surface area contributed by atoms with E-state index in [1.807, 2.05) is 12.1 Å². The number of piperidine rings is 1. The summed E-state index contributed by atoms with van der Waals surface area (Å²) in [5.41, 5.74) is 0.898. The van der Waals surface area contributed by atoms with Gasteiger partial charge in [0.1, 0.15) is 0 Å². The molecule has 20 heavy (non-hydrogen) atoms. The van der Waals surface area contributed by atoms with Gasteiger partial charge < -0.3 is 10.6 Å². The molecule has 1 atom stereocenters. The molecule has 1 saturated heterocycles. The van der Waals surface area contributed by atoms with Crippen molar-refractivity contribution in [2.75, 3.05) is 13.1 Å². The van der Waals surface area contributed by atoms with Crippen molar-refractivity contribution in [1.29, 1.82) is 0 Å². The number of carbonyl (C=O) groups is 1. The lowest BCUT2D eigenvalue weighted by atomic mass is 9.94. The third-order valence-corrected chi connectivity index (χ3v) is 4.74. The van der Waals surface area contributed by atoms with Crippen molar-refractivity contribution in [3.63, 3.8) is 0 Å². The molecule has 1 aromatic rings. The lowest BCUT2D eigenvalue weighted by Gasteiger charge is -2.26. The second-order valence-corrected chi connectivity index (χ2v) is 6.52. The molecule has 5 heteroatoms. The molecule has 1 saturated carbocycles. The summed E-state index contributed by atoms with van der Waals surface area (Å²) in [6, 6.07) is 8.47. The fourth-order valence-corrected chi connectivity index (χ4v) is 3.10. The van der Waals surface area contributed by atoms with E-state index < -0.39 is 0 Å². The number of rotatable bonds is 3. The minimum atomic E-state index is -0.252. The van der Waals surface area contributed by atoms with Crippen molar-refractivity contribution in [3.8, 4) is 0 Å². The SMILES string of the molecule is Cl.O=C(NC1CCCNC1)C1(c2ccc(Br)cc2)CC1. The Hall–Kier alpha value is -0.580. The van der Waals surface area contributed by atoms with Crippen molar-refractivity contribution < 1.29 is 4.79 Å². The average molecular weight is 360 g/mol. The number of hydrogen-bond acceptors (Lipinski definition) is 2. The number of amides is 1. The molecule has 1 aliphatic carbocycles. The normalized spacial score (nSPS) is 23.6. The largest absolute Gasteiger partial charge is 0.351 e. The van der Waals surface area contributed by atoms with Gasteiger partial charge in [0.25, 0.3) is 0 Å². The molecule has 1 heterocycles. The summed E-state index contributed by atoms with van der Waals surface area (Å²) in [7, 11) is 0. The Kier molecular flexibility index (Phi) is 5.10. The zero-order valence-corrected chi connectivity index (χ0v) is 13.7. The van der Waals surface area contributed by atoms with Crippen molar-refractivity contribution in [3.05, 3.63) is 34.3 Å². The van der Waals surface area contributed by atoms with E-state index >= 15 is 0 Å². The summed E-state index contributed by atoms with van der Waals surface area (Å²) in [6.45, 7) is 1.98. The fourth-order valence-electron chi connectivity index (χ4n) is 2.84. The third kappa shape index (κ3) is 3.18. The second kappa shape index (κ2) is 6.46. The van der Waals surface area contributed by atoms with Gasteiger partial charge >= 0.3 is 0 Å². The Morgan fingerprint density at radius 2 is 2.00 bits per heavy atom. The molecule has 2 aliphatic rings. The molecule has 1 amide bonds. The lowest BCUT2D eigenvalue weighted by molar-refractivity contribution is -0.124. The maximum atomic E-state index is 12.5. The highest BCUT2D eigenvalue weighted by Crippen LogP contribution is 2.48. The van der Waals surface area contributed by atoms with E-state index in [9.17, 15) is 4.79 Å². The molecule has 3 nitrogen and oxygen atoms in total. The Labute approximate surface area is 134 Å². The standard InChI is InChI=1S/C15H19BrN2O.ClH/c16-12-5-3-11(4-6-12)15(7-8-15)14(19)18-13-2-1-9-17-10-13;/h3-6,13,17H,1-2,7-10H2,(H,18,19);1H. The molecule has 0 bridgehead atoms. The molecule has 1 aromatic carbocycles. The van der Waals surface area contributed by atoms with Crippen LogP contribution in [0.15, 0.2) is 28.7 Å². The number of carbonyl (C=O) groups excluding carboxylic acids is 1. The van der Waals surface area contributed by atoms with Crippen LogP contribution < -0.4 is 10.6 Å². The van der Waals surface area contributed by atoms with Crippen LogP contribution in [-0.4, -0.2) is 25.0 Å². The first-order valence-corrected chi connectivity index (χ1v) is 7.78. The Bertz CT molecular complexity index is 467.